The Kier molecular flexibility index (Phi) is 5.40. The highest BCUT2D eigenvalue weighted by Crippen LogP contribution is 2.24. The number of hydrogen-bond donors (Lipinski definition) is 1. The van der Waals surface area contributed by atoms with Crippen molar-refractivity contribution in [2.45, 2.75) is 44.6 Å². The van der Waals surface area contributed by atoms with Gasteiger partial charge in [0.1, 0.15) is 0 Å². The Hall–Kier alpha value is -0.830. The molecular weight excluding hydrogens is 188 g/mol. The molecule has 86 valence electrons. The maximum Gasteiger partial charge on any atom is 0.223 e. The van der Waals surface area contributed by atoms with Gasteiger partial charge in [-0.05, 0) is 25.8 Å². The minimum atomic E-state index is 0.243. The molecule has 0 atom stereocenters. The SMILES string of the molecule is C=CCN(C(=O)CCCN)C1CCCC1. The summed E-state index contributed by atoms with van der Waals surface area (Å²) in [7, 11) is 0. The summed E-state index contributed by atoms with van der Waals surface area (Å²) in [6, 6.07) is 0.452. The van der Waals surface area contributed by atoms with E-state index < -0.39 is 0 Å². The first-order valence-corrected chi connectivity index (χ1v) is 5.90. The fourth-order valence-electron chi connectivity index (χ4n) is 2.21. The molecule has 0 spiro atoms. The van der Waals surface area contributed by atoms with Crippen LogP contribution < -0.4 is 5.73 Å². The molecule has 1 rings (SSSR count). The van der Waals surface area contributed by atoms with E-state index in [4.69, 9.17) is 5.73 Å². The quantitative estimate of drug-likeness (QED) is 0.678. The lowest BCUT2D eigenvalue weighted by molar-refractivity contribution is -0.132. The molecule has 0 heterocycles. The van der Waals surface area contributed by atoms with E-state index in [1.807, 2.05) is 11.0 Å². The standard InChI is InChI=1S/C12H22N2O/c1-2-10-14(11-6-3-4-7-11)12(15)8-5-9-13/h2,11H,1,3-10,13H2. The molecule has 0 aromatic rings. The number of carbonyl (C=O) groups excluding carboxylic acids is 1. The highest BCUT2D eigenvalue weighted by Gasteiger charge is 2.24. The topological polar surface area (TPSA) is 46.3 Å². The van der Waals surface area contributed by atoms with E-state index in [1.54, 1.807) is 0 Å². The predicted molar refractivity (Wildman–Crippen MR) is 62.5 cm³/mol. The molecule has 0 aromatic heterocycles. The molecule has 0 radical (unpaired) electrons. The maximum atomic E-state index is 11.9. The highest BCUT2D eigenvalue weighted by molar-refractivity contribution is 5.76. The monoisotopic (exact) mass is 210 g/mol. The molecule has 1 aliphatic carbocycles. The van der Waals surface area contributed by atoms with Crippen LogP contribution in [0.2, 0.25) is 0 Å². The summed E-state index contributed by atoms with van der Waals surface area (Å²) in [5.74, 6) is 0.243. The molecular formula is C12H22N2O. The molecule has 0 aromatic carbocycles. The Morgan fingerprint density at radius 3 is 2.67 bits per heavy atom. The largest absolute Gasteiger partial charge is 0.336 e. The molecule has 1 amide bonds. The molecule has 15 heavy (non-hydrogen) atoms. The molecule has 3 nitrogen and oxygen atoms in total. The van der Waals surface area contributed by atoms with Crippen LogP contribution in [0.5, 0.6) is 0 Å². The van der Waals surface area contributed by atoms with Crippen LogP contribution in [0.1, 0.15) is 38.5 Å². The van der Waals surface area contributed by atoms with E-state index in [9.17, 15) is 4.79 Å². The first-order valence-electron chi connectivity index (χ1n) is 5.90. The fraction of sp³-hybridized carbons (Fsp3) is 0.750. The van der Waals surface area contributed by atoms with Crippen LogP contribution in [-0.2, 0) is 4.79 Å². The smallest absolute Gasteiger partial charge is 0.223 e. The van der Waals surface area contributed by atoms with E-state index in [1.165, 1.54) is 12.8 Å². The van der Waals surface area contributed by atoms with Gasteiger partial charge in [0.15, 0.2) is 0 Å². The molecule has 1 aliphatic rings. The van der Waals surface area contributed by atoms with E-state index in [0.717, 1.165) is 19.3 Å². The lowest BCUT2D eigenvalue weighted by atomic mass is 10.1. The van der Waals surface area contributed by atoms with Crippen molar-refractivity contribution in [1.82, 2.24) is 4.90 Å². The van der Waals surface area contributed by atoms with Gasteiger partial charge in [0.2, 0.25) is 5.91 Å². The zero-order valence-corrected chi connectivity index (χ0v) is 9.45. The van der Waals surface area contributed by atoms with Crippen molar-refractivity contribution in [1.29, 1.82) is 0 Å². The van der Waals surface area contributed by atoms with Crippen molar-refractivity contribution >= 4 is 5.91 Å². The summed E-state index contributed by atoms with van der Waals surface area (Å²) in [5, 5.41) is 0. The van der Waals surface area contributed by atoms with Crippen LogP contribution in [0.15, 0.2) is 12.7 Å². The molecule has 0 aliphatic heterocycles. The van der Waals surface area contributed by atoms with Gasteiger partial charge >= 0.3 is 0 Å². The van der Waals surface area contributed by atoms with Crippen molar-refractivity contribution in [2.75, 3.05) is 13.1 Å². The van der Waals surface area contributed by atoms with Crippen LogP contribution in [0, 0.1) is 0 Å². The molecule has 0 unspecified atom stereocenters. The normalized spacial score (nSPS) is 16.6. The number of carbonyl (C=O) groups is 1. The molecule has 2 N–H and O–H groups in total. The maximum absolute atomic E-state index is 11.9. The first-order chi connectivity index (χ1) is 7.29. The molecule has 0 bridgehead atoms. The minimum absolute atomic E-state index is 0.243. The number of nitrogens with two attached hydrogens (primary N) is 1. The van der Waals surface area contributed by atoms with E-state index in [0.29, 0.717) is 25.6 Å². The summed E-state index contributed by atoms with van der Waals surface area (Å²) >= 11 is 0. The van der Waals surface area contributed by atoms with Crippen LogP contribution in [-0.4, -0.2) is 29.9 Å². The molecule has 0 saturated heterocycles. The van der Waals surface area contributed by atoms with Crippen molar-refractivity contribution in [3.63, 3.8) is 0 Å². The number of rotatable bonds is 6. The van der Waals surface area contributed by atoms with E-state index >= 15 is 0 Å². The average molecular weight is 210 g/mol. The number of amides is 1. The minimum Gasteiger partial charge on any atom is -0.336 e. The summed E-state index contributed by atoms with van der Waals surface area (Å²) in [5.41, 5.74) is 5.41. The number of nitrogens with zero attached hydrogens (tertiary/aromatic N) is 1. The van der Waals surface area contributed by atoms with Crippen LogP contribution in [0.4, 0.5) is 0 Å². The van der Waals surface area contributed by atoms with E-state index in [2.05, 4.69) is 6.58 Å². The van der Waals surface area contributed by atoms with Gasteiger partial charge < -0.3 is 10.6 Å². The van der Waals surface area contributed by atoms with Crippen LogP contribution in [0.25, 0.3) is 0 Å². The summed E-state index contributed by atoms with van der Waals surface area (Å²) in [4.78, 5) is 13.9. The Labute approximate surface area is 92.3 Å². The van der Waals surface area contributed by atoms with Gasteiger partial charge in [-0.15, -0.1) is 6.58 Å². The lowest BCUT2D eigenvalue weighted by Crippen LogP contribution is -2.39. The van der Waals surface area contributed by atoms with Crippen molar-refractivity contribution < 1.29 is 4.79 Å². The molecule has 1 fully saturated rings. The van der Waals surface area contributed by atoms with Crippen LogP contribution in [0.3, 0.4) is 0 Å². The first kappa shape index (κ1) is 12.2. The highest BCUT2D eigenvalue weighted by atomic mass is 16.2. The van der Waals surface area contributed by atoms with Gasteiger partial charge in [0.25, 0.3) is 0 Å². The van der Waals surface area contributed by atoms with Gasteiger partial charge in [-0.2, -0.15) is 0 Å². The Bertz CT molecular complexity index is 210. The Balaban J connectivity index is 2.47. The third kappa shape index (κ3) is 3.67. The van der Waals surface area contributed by atoms with Gasteiger partial charge in [0.05, 0.1) is 0 Å². The third-order valence-corrected chi connectivity index (χ3v) is 3.01. The molecule has 3 heteroatoms. The summed E-state index contributed by atoms with van der Waals surface area (Å²) in [6.45, 7) is 5.00. The zero-order valence-electron chi connectivity index (χ0n) is 9.45. The van der Waals surface area contributed by atoms with Crippen molar-refractivity contribution in [3.05, 3.63) is 12.7 Å². The van der Waals surface area contributed by atoms with Crippen LogP contribution >= 0.6 is 0 Å². The van der Waals surface area contributed by atoms with Crippen molar-refractivity contribution in [3.8, 4) is 0 Å². The lowest BCUT2D eigenvalue weighted by Gasteiger charge is -2.27. The van der Waals surface area contributed by atoms with Gasteiger partial charge in [-0.3, -0.25) is 4.79 Å². The van der Waals surface area contributed by atoms with Gasteiger partial charge in [-0.25, -0.2) is 0 Å². The predicted octanol–water partition coefficient (Wildman–Crippen LogP) is 1.68. The second kappa shape index (κ2) is 6.62. The Morgan fingerprint density at radius 1 is 1.47 bits per heavy atom. The summed E-state index contributed by atoms with van der Waals surface area (Å²) < 4.78 is 0. The Morgan fingerprint density at radius 2 is 2.13 bits per heavy atom. The average Bonchev–Trinajstić information content (AvgIpc) is 2.75. The zero-order chi connectivity index (χ0) is 11.1. The van der Waals surface area contributed by atoms with Gasteiger partial charge in [0, 0.05) is 19.0 Å². The molecule has 1 saturated carbocycles. The summed E-state index contributed by atoms with van der Waals surface area (Å²) in [6.07, 6.45) is 8.01. The fourth-order valence-corrected chi connectivity index (χ4v) is 2.21. The van der Waals surface area contributed by atoms with Crippen molar-refractivity contribution in [2.24, 2.45) is 5.73 Å². The number of hydrogen-bond acceptors (Lipinski definition) is 2. The van der Waals surface area contributed by atoms with Gasteiger partial charge in [-0.1, -0.05) is 18.9 Å². The second-order valence-corrected chi connectivity index (χ2v) is 4.17. The van der Waals surface area contributed by atoms with E-state index in [-0.39, 0.29) is 5.91 Å². The second-order valence-electron chi connectivity index (χ2n) is 4.17. The third-order valence-electron chi connectivity index (χ3n) is 3.01.